The van der Waals surface area contributed by atoms with Crippen molar-refractivity contribution in [2.75, 3.05) is 13.0 Å². The second-order valence-corrected chi connectivity index (χ2v) is 4.67. The Kier molecular flexibility index (Phi) is 6.38. The summed E-state index contributed by atoms with van der Waals surface area (Å²) < 4.78 is 5.30. The van der Waals surface area contributed by atoms with Gasteiger partial charge in [0, 0.05) is 18.9 Å². The summed E-state index contributed by atoms with van der Waals surface area (Å²) >= 11 is 5.64. The van der Waals surface area contributed by atoms with Crippen LogP contribution < -0.4 is 0 Å². The zero-order valence-electron chi connectivity index (χ0n) is 9.60. The second-order valence-electron chi connectivity index (χ2n) is 4.29. The molecule has 0 fully saturated rings. The van der Waals surface area contributed by atoms with Crippen LogP contribution in [-0.2, 0) is 9.53 Å². The molecule has 84 valence electrons. The summed E-state index contributed by atoms with van der Waals surface area (Å²) in [5.41, 5.74) is -0.139. The van der Waals surface area contributed by atoms with Crippen molar-refractivity contribution in [1.29, 1.82) is 0 Å². The minimum atomic E-state index is -0.139. The molecule has 0 heterocycles. The molecule has 0 aliphatic heterocycles. The van der Waals surface area contributed by atoms with Gasteiger partial charge in [0.1, 0.15) is 5.78 Å². The lowest BCUT2D eigenvalue weighted by Crippen LogP contribution is -2.25. The van der Waals surface area contributed by atoms with Crippen LogP contribution in [0.5, 0.6) is 0 Å². The topological polar surface area (TPSA) is 26.3 Å². The molecular weight excluding hydrogens is 200 g/mol. The first-order valence-electron chi connectivity index (χ1n) is 5.04. The first-order valence-corrected chi connectivity index (χ1v) is 5.58. The smallest absolute Gasteiger partial charge is 0.132 e. The van der Waals surface area contributed by atoms with E-state index in [1.54, 1.807) is 14.0 Å². The molecule has 0 rings (SSSR count). The normalized spacial score (nSPS) is 14.1. The van der Waals surface area contributed by atoms with E-state index in [0.29, 0.717) is 5.88 Å². The van der Waals surface area contributed by atoms with Gasteiger partial charge in [-0.15, -0.1) is 11.6 Å². The van der Waals surface area contributed by atoms with Crippen LogP contribution in [0, 0.1) is 5.92 Å². The molecule has 0 saturated heterocycles. The second kappa shape index (κ2) is 6.41. The van der Waals surface area contributed by atoms with E-state index in [1.165, 1.54) is 0 Å². The number of carbonyl (C=O) groups excluding carboxylic acids is 1. The van der Waals surface area contributed by atoms with Crippen molar-refractivity contribution in [2.45, 2.75) is 45.6 Å². The number of hydrogen-bond acceptors (Lipinski definition) is 2. The highest BCUT2D eigenvalue weighted by Gasteiger charge is 2.21. The molecule has 1 unspecified atom stereocenters. The monoisotopic (exact) mass is 220 g/mol. The van der Waals surface area contributed by atoms with E-state index in [-0.39, 0.29) is 17.3 Å². The van der Waals surface area contributed by atoms with Gasteiger partial charge in [-0.1, -0.05) is 0 Å². The van der Waals surface area contributed by atoms with Crippen LogP contribution in [0.25, 0.3) is 0 Å². The van der Waals surface area contributed by atoms with Gasteiger partial charge in [0.05, 0.1) is 5.60 Å². The van der Waals surface area contributed by atoms with Gasteiger partial charge in [0.25, 0.3) is 0 Å². The van der Waals surface area contributed by atoms with Crippen molar-refractivity contribution in [3.8, 4) is 0 Å². The number of rotatable bonds is 7. The van der Waals surface area contributed by atoms with Crippen molar-refractivity contribution < 1.29 is 9.53 Å². The Hall–Kier alpha value is -0.0800. The molecule has 0 N–H and O–H groups in total. The Bertz CT molecular complexity index is 178. The van der Waals surface area contributed by atoms with Crippen LogP contribution >= 0.6 is 11.6 Å². The van der Waals surface area contributed by atoms with Crippen LogP contribution in [0.2, 0.25) is 0 Å². The molecule has 0 aromatic rings. The summed E-state index contributed by atoms with van der Waals surface area (Å²) in [5.74, 6) is 0.886. The molecule has 0 aliphatic carbocycles. The van der Waals surface area contributed by atoms with Gasteiger partial charge in [0.2, 0.25) is 0 Å². The molecule has 14 heavy (non-hydrogen) atoms. The summed E-state index contributed by atoms with van der Waals surface area (Å²) in [6.07, 6.45) is 2.53. The summed E-state index contributed by atoms with van der Waals surface area (Å²) in [4.78, 5) is 11.2. The highest BCUT2D eigenvalue weighted by Crippen LogP contribution is 2.22. The lowest BCUT2D eigenvalue weighted by molar-refractivity contribution is -0.121. The SMILES string of the molecule is COC(C)(C)CCC(CCCl)C(C)=O. The molecule has 0 bridgehead atoms. The van der Waals surface area contributed by atoms with Gasteiger partial charge in [-0.05, 0) is 40.0 Å². The average Bonchev–Trinajstić information content (AvgIpc) is 2.12. The first-order chi connectivity index (χ1) is 6.43. The Morgan fingerprint density at radius 1 is 1.43 bits per heavy atom. The van der Waals surface area contributed by atoms with Crippen molar-refractivity contribution >= 4 is 17.4 Å². The number of ketones is 1. The molecule has 0 amide bonds. The van der Waals surface area contributed by atoms with Gasteiger partial charge >= 0.3 is 0 Å². The Labute approximate surface area is 92.0 Å². The maximum absolute atomic E-state index is 11.2. The zero-order chi connectivity index (χ0) is 11.2. The number of ether oxygens (including phenoxy) is 1. The maximum Gasteiger partial charge on any atom is 0.132 e. The molecule has 2 nitrogen and oxygen atoms in total. The van der Waals surface area contributed by atoms with Gasteiger partial charge < -0.3 is 4.74 Å². The molecule has 0 spiro atoms. The summed E-state index contributed by atoms with van der Waals surface area (Å²) in [7, 11) is 1.70. The molecule has 1 atom stereocenters. The predicted molar refractivity (Wildman–Crippen MR) is 59.8 cm³/mol. The number of hydrogen-bond donors (Lipinski definition) is 0. The highest BCUT2D eigenvalue weighted by atomic mass is 35.5. The van der Waals surface area contributed by atoms with Crippen LogP contribution in [0.4, 0.5) is 0 Å². The van der Waals surface area contributed by atoms with Gasteiger partial charge in [-0.25, -0.2) is 0 Å². The van der Waals surface area contributed by atoms with E-state index >= 15 is 0 Å². The fourth-order valence-corrected chi connectivity index (χ4v) is 1.57. The standard InChI is InChI=1S/C11H21ClO2/c1-9(13)10(6-8-12)5-7-11(2,3)14-4/h10H,5-8H2,1-4H3. The highest BCUT2D eigenvalue weighted by molar-refractivity contribution is 6.18. The first kappa shape index (κ1) is 13.9. The molecule has 0 aromatic heterocycles. The molecule has 0 aromatic carbocycles. The van der Waals surface area contributed by atoms with Gasteiger partial charge in [0.15, 0.2) is 0 Å². The van der Waals surface area contributed by atoms with E-state index in [4.69, 9.17) is 16.3 Å². The number of methoxy groups -OCH3 is 1. The molecular formula is C11H21ClO2. The molecule has 3 heteroatoms. The quantitative estimate of drug-likeness (QED) is 0.617. The van der Waals surface area contributed by atoms with Crippen LogP contribution in [0.15, 0.2) is 0 Å². The number of Topliss-reactive ketones (excluding diaryl/α,β-unsaturated/α-hetero) is 1. The fourth-order valence-electron chi connectivity index (χ4n) is 1.31. The van der Waals surface area contributed by atoms with Crippen molar-refractivity contribution in [2.24, 2.45) is 5.92 Å². The van der Waals surface area contributed by atoms with Crippen molar-refractivity contribution in [3.63, 3.8) is 0 Å². The van der Waals surface area contributed by atoms with Crippen molar-refractivity contribution in [3.05, 3.63) is 0 Å². The van der Waals surface area contributed by atoms with E-state index in [0.717, 1.165) is 19.3 Å². The summed E-state index contributed by atoms with van der Waals surface area (Å²) in [6, 6.07) is 0. The Morgan fingerprint density at radius 3 is 2.36 bits per heavy atom. The van der Waals surface area contributed by atoms with E-state index in [9.17, 15) is 4.79 Å². The van der Waals surface area contributed by atoms with E-state index in [2.05, 4.69) is 0 Å². The molecule has 0 radical (unpaired) electrons. The van der Waals surface area contributed by atoms with Crippen LogP contribution in [-0.4, -0.2) is 24.4 Å². The van der Waals surface area contributed by atoms with Crippen molar-refractivity contribution in [1.82, 2.24) is 0 Å². The average molecular weight is 221 g/mol. The predicted octanol–water partition coefficient (Wildman–Crippen LogP) is 3.03. The third-order valence-electron chi connectivity index (χ3n) is 2.68. The summed E-state index contributed by atoms with van der Waals surface area (Å²) in [6.45, 7) is 5.70. The largest absolute Gasteiger partial charge is 0.379 e. The molecule has 0 saturated carbocycles. The molecule has 0 aliphatic rings. The Balaban J connectivity index is 3.99. The van der Waals surface area contributed by atoms with Gasteiger partial charge in [-0.2, -0.15) is 0 Å². The third kappa shape index (κ3) is 5.61. The van der Waals surface area contributed by atoms with E-state index in [1.807, 2.05) is 13.8 Å². The number of carbonyl (C=O) groups is 1. The van der Waals surface area contributed by atoms with E-state index < -0.39 is 0 Å². The lowest BCUT2D eigenvalue weighted by atomic mass is 9.91. The Morgan fingerprint density at radius 2 is 2.00 bits per heavy atom. The minimum Gasteiger partial charge on any atom is -0.379 e. The fraction of sp³-hybridized carbons (Fsp3) is 0.909. The zero-order valence-corrected chi connectivity index (χ0v) is 10.4. The third-order valence-corrected chi connectivity index (χ3v) is 2.90. The van der Waals surface area contributed by atoms with Crippen LogP contribution in [0.3, 0.4) is 0 Å². The van der Waals surface area contributed by atoms with Crippen LogP contribution in [0.1, 0.15) is 40.0 Å². The minimum absolute atomic E-state index is 0.0990. The maximum atomic E-state index is 11.2. The number of halogens is 1. The lowest BCUT2D eigenvalue weighted by Gasteiger charge is -2.24. The van der Waals surface area contributed by atoms with Gasteiger partial charge in [-0.3, -0.25) is 4.79 Å². The summed E-state index contributed by atoms with van der Waals surface area (Å²) in [5, 5.41) is 0. The number of alkyl halides is 1.